The van der Waals surface area contributed by atoms with E-state index in [1.54, 1.807) is 16.4 Å². The van der Waals surface area contributed by atoms with Gasteiger partial charge >= 0.3 is 5.97 Å². The molecular weight excluding hydrogens is 484 g/mol. The molecule has 1 N–H and O–H groups in total. The number of carbonyl (C=O) groups excluding carboxylic acids is 1. The van der Waals surface area contributed by atoms with Crippen molar-refractivity contribution in [3.8, 4) is 5.75 Å². The first-order valence-corrected chi connectivity index (χ1v) is 13.0. The highest BCUT2D eigenvalue weighted by Gasteiger charge is 2.35. The first kappa shape index (κ1) is 25.1. The predicted molar refractivity (Wildman–Crippen MR) is 139 cm³/mol. The second-order valence-electron chi connectivity index (χ2n) is 8.52. The van der Waals surface area contributed by atoms with Crippen LogP contribution in [0.15, 0.2) is 65.0 Å². The summed E-state index contributed by atoms with van der Waals surface area (Å²) in [6.07, 6.45) is 0.770. The summed E-state index contributed by atoms with van der Waals surface area (Å²) in [4.78, 5) is 17.8. The zero-order valence-corrected chi connectivity index (χ0v) is 21.8. The number of thioether (sulfide) groups is 1. The Kier molecular flexibility index (Phi) is 8.03. The van der Waals surface area contributed by atoms with Gasteiger partial charge in [-0.15, -0.1) is 5.10 Å². The highest BCUT2D eigenvalue weighted by Crippen LogP contribution is 2.38. The Morgan fingerprint density at radius 3 is 2.71 bits per heavy atom. The second-order valence-corrected chi connectivity index (χ2v) is 10.0. The number of hydrogen-bond donors (Lipinski definition) is 1. The third-order valence-electron chi connectivity index (χ3n) is 5.32. The molecule has 1 aromatic heterocycles. The number of hydrogen-bond acceptors (Lipinski definition) is 7. The molecule has 1 aliphatic heterocycles. The van der Waals surface area contributed by atoms with E-state index in [-0.39, 0.29) is 12.1 Å². The van der Waals surface area contributed by atoms with Gasteiger partial charge < -0.3 is 14.8 Å². The fourth-order valence-electron chi connectivity index (χ4n) is 3.76. The molecule has 1 unspecified atom stereocenters. The Morgan fingerprint density at radius 2 is 2.00 bits per heavy atom. The molecule has 9 heteroatoms. The summed E-state index contributed by atoms with van der Waals surface area (Å²) in [6.45, 7) is 8.05. The van der Waals surface area contributed by atoms with Crippen molar-refractivity contribution in [1.29, 1.82) is 0 Å². The minimum absolute atomic E-state index is 0.245. The van der Waals surface area contributed by atoms with E-state index in [4.69, 9.17) is 26.2 Å². The van der Waals surface area contributed by atoms with E-state index < -0.39 is 6.04 Å². The number of rotatable bonds is 9. The van der Waals surface area contributed by atoms with Crippen molar-refractivity contribution in [1.82, 2.24) is 14.8 Å². The lowest BCUT2D eigenvalue weighted by Crippen LogP contribution is -2.30. The van der Waals surface area contributed by atoms with Crippen molar-refractivity contribution in [3.05, 3.63) is 76.0 Å². The highest BCUT2D eigenvalue weighted by atomic mass is 35.5. The van der Waals surface area contributed by atoms with Crippen molar-refractivity contribution in [3.63, 3.8) is 0 Å². The van der Waals surface area contributed by atoms with Crippen molar-refractivity contribution >= 4 is 35.3 Å². The number of benzene rings is 2. The van der Waals surface area contributed by atoms with Crippen molar-refractivity contribution < 1.29 is 14.3 Å². The smallest absolute Gasteiger partial charge is 0.338 e. The number of nitrogens with zero attached hydrogens (tertiary/aromatic N) is 3. The number of ether oxygens (including phenoxy) is 2. The van der Waals surface area contributed by atoms with Crippen LogP contribution in [0.4, 0.5) is 5.95 Å². The monoisotopic (exact) mass is 512 g/mol. The molecule has 1 aliphatic rings. The SMILES string of the molecule is CCCSc1nc2n(n1)C(c1cccc(OCc3ccc(Cl)cc3)c1)C(C(=O)OC(C)C)=C(C)N2. The largest absolute Gasteiger partial charge is 0.489 e. The third kappa shape index (κ3) is 6.00. The fourth-order valence-corrected chi connectivity index (χ4v) is 4.57. The van der Waals surface area contributed by atoms with Crippen molar-refractivity contribution in [2.24, 2.45) is 0 Å². The topological polar surface area (TPSA) is 78.3 Å². The summed E-state index contributed by atoms with van der Waals surface area (Å²) in [5, 5.41) is 9.33. The molecule has 0 amide bonds. The van der Waals surface area contributed by atoms with E-state index in [0.717, 1.165) is 23.3 Å². The van der Waals surface area contributed by atoms with Gasteiger partial charge in [0.25, 0.3) is 0 Å². The van der Waals surface area contributed by atoms with Crippen LogP contribution in [0.1, 0.15) is 51.3 Å². The van der Waals surface area contributed by atoms with E-state index >= 15 is 0 Å². The van der Waals surface area contributed by atoms with Gasteiger partial charge in [-0.1, -0.05) is 54.6 Å². The predicted octanol–water partition coefficient (Wildman–Crippen LogP) is 6.25. The molecule has 0 aliphatic carbocycles. The molecule has 0 bridgehead atoms. The number of allylic oxidation sites excluding steroid dienone is 1. The number of fused-ring (bicyclic) bond motifs is 1. The van der Waals surface area contributed by atoms with Crippen LogP contribution in [0, 0.1) is 0 Å². The zero-order chi connectivity index (χ0) is 24.9. The molecule has 35 heavy (non-hydrogen) atoms. The average Bonchev–Trinajstić information content (AvgIpc) is 3.23. The lowest BCUT2D eigenvalue weighted by Gasteiger charge is -2.28. The van der Waals surface area contributed by atoms with Crippen LogP contribution in [0.3, 0.4) is 0 Å². The Morgan fingerprint density at radius 1 is 1.23 bits per heavy atom. The lowest BCUT2D eigenvalue weighted by atomic mass is 9.95. The van der Waals surface area contributed by atoms with Crippen molar-refractivity contribution in [2.45, 2.75) is 58.0 Å². The van der Waals surface area contributed by atoms with Crippen LogP contribution < -0.4 is 10.1 Å². The highest BCUT2D eigenvalue weighted by molar-refractivity contribution is 7.99. The summed E-state index contributed by atoms with van der Waals surface area (Å²) >= 11 is 7.58. The number of carbonyl (C=O) groups is 1. The van der Waals surface area contributed by atoms with Gasteiger partial charge in [0.15, 0.2) is 0 Å². The van der Waals surface area contributed by atoms with Gasteiger partial charge in [0, 0.05) is 16.5 Å². The Balaban J connectivity index is 1.68. The molecule has 0 saturated carbocycles. The first-order valence-electron chi connectivity index (χ1n) is 11.6. The molecule has 2 heterocycles. The number of esters is 1. The average molecular weight is 513 g/mol. The molecule has 184 valence electrons. The molecule has 0 saturated heterocycles. The lowest BCUT2D eigenvalue weighted by molar-refractivity contribution is -0.143. The number of aromatic nitrogens is 3. The van der Waals surface area contributed by atoms with E-state index in [0.29, 0.717) is 39.8 Å². The van der Waals surface area contributed by atoms with E-state index in [1.165, 1.54) is 0 Å². The van der Waals surface area contributed by atoms with Crippen LogP contribution in [-0.4, -0.2) is 32.6 Å². The van der Waals surface area contributed by atoms with E-state index in [1.807, 2.05) is 69.3 Å². The van der Waals surface area contributed by atoms with Crippen LogP contribution in [0.5, 0.6) is 5.75 Å². The quantitative estimate of drug-likeness (QED) is 0.268. The standard InChI is InChI=1S/C26H29ClN4O3S/c1-5-13-35-26-29-25-28-17(4)22(24(32)34-16(2)3)23(31(25)30-26)19-7-6-8-21(14-19)33-15-18-9-11-20(27)12-10-18/h6-12,14,16,23H,5,13,15H2,1-4H3,(H,28,29,30). The maximum Gasteiger partial charge on any atom is 0.338 e. The normalized spacial score (nSPS) is 15.1. The summed E-state index contributed by atoms with van der Waals surface area (Å²) in [6, 6.07) is 14.8. The first-order chi connectivity index (χ1) is 16.9. The van der Waals surface area contributed by atoms with E-state index in [2.05, 4.69) is 17.2 Å². The molecule has 4 rings (SSSR count). The Bertz CT molecular complexity index is 1220. The number of halogens is 1. The van der Waals surface area contributed by atoms with Crippen LogP contribution in [-0.2, 0) is 16.1 Å². The maximum atomic E-state index is 13.2. The van der Waals surface area contributed by atoms with Gasteiger partial charge in [-0.3, -0.25) is 0 Å². The summed E-state index contributed by atoms with van der Waals surface area (Å²) in [5.41, 5.74) is 3.06. The number of nitrogens with one attached hydrogen (secondary N) is 1. The Labute approximate surface area is 214 Å². The molecule has 0 fully saturated rings. The Hall–Kier alpha value is -2.97. The van der Waals surface area contributed by atoms with Gasteiger partial charge in [-0.2, -0.15) is 4.98 Å². The minimum Gasteiger partial charge on any atom is -0.489 e. The minimum atomic E-state index is -0.500. The fraction of sp³-hybridized carbons (Fsp3) is 0.346. The van der Waals surface area contributed by atoms with Gasteiger partial charge in [-0.05, 0) is 62.6 Å². The summed E-state index contributed by atoms with van der Waals surface area (Å²) in [7, 11) is 0. The summed E-state index contributed by atoms with van der Waals surface area (Å²) < 4.78 is 13.4. The van der Waals surface area contributed by atoms with Crippen LogP contribution >= 0.6 is 23.4 Å². The third-order valence-corrected chi connectivity index (χ3v) is 6.62. The summed E-state index contributed by atoms with van der Waals surface area (Å²) in [5.74, 6) is 1.81. The van der Waals surface area contributed by atoms with Gasteiger partial charge in [-0.25, -0.2) is 9.48 Å². The van der Waals surface area contributed by atoms with Crippen LogP contribution in [0.25, 0.3) is 0 Å². The molecule has 3 aromatic rings. The molecule has 1 atom stereocenters. The molecular formula is C26H29ClN4O3S. The molecule has 0 spiro atoms. The maximum absolute atomic E-state index is 13.2. The van der Waals surface area contributed by atoms with Gasteiger partial charge in [0.1, 0.15) is 18.4 Å². The van der Waals surface area contributed by atoms with E-state index in [9.17, 15) is 4.79 Å². The van der Waals surface area contributed by atoms with Gasteiger partial charge in [0.2, 0.25) is 11.1 Å². The van der Waals surface area contributed by atoms with Crippen molar-refractivity contribution in [2.75, 3.05) is 11.1 Å². The molecule has 0 radical (unpaired) electrons. The zero-order valence-electron chi connectivity index (χ0n) is 20.2. The van der Waals surface area contributed by atoms with Crippen LogP contribution in [0.2, 0.25) is 5.02 Å². The molecule has 7 nitrogen and oxygen atoms in total. The second kappa shape index (κ2) is 11.2. The molecule has 2 aromatic carbocycles. The number of anilines is 1. The van der Waals surface area contributed by atoms with Gasteiger partial charge in [0.05, 0.1) is 11.7 Å².